The van der Waals surface area contributed by atoms with Crippen molar-refractivity contribution in [3.8, 4) is 0 Å². The third-order valence-electron chi connectivity index (χ3n) is 8.61. The number of amides is 2. The highest BCUT2D eigenvalue weighted by Gasteiger charge is 2.22. The lowest BCUT2D eigenvalue weighted by atomic mass is 9.96. The molecule has 2 amide bonds. The molecule has 1 heterocycles. The van der Waals surface area contributed by atoms with Gasteiger partial charge >= 0.3 is 0 Å². The topological polar surface area (TPSA) is 49.4 Å². The van der Waals surface area contributed by atoms with Gasteiger partial charge in [0, 0.05) is 32.5 Å². The van der Waals surface area contributed by atoms with E-state index in [0.29, 0.717) is 18.8 Å². The summed E-state index contributed by atoms with van der Waals surface area (Å²) in [5.41, 5.74) is 0. The summed E-state index contributed by atoms with van der Waals surface area (Å²) in [6.07, 6.45) is 65.1. The van der Waals surface area contributed by atoms with E-state index in [0.717, 1.165) is 122 Å². The second kappa shape index (κ2) is 36.9. The summed E-state index contributed by atoms with van der Waals surface area (Å²) >= 11 is 0. The zero-order chi connectivity index (χ0) is 37.4. The highest BCUT2D eigenvalue weighted by molar-refractivity contribution is 5.76. The van der Waals surface area contributed by atoms with Crippen LogP contribution in [-0.2, 0) is 9.59 Å². The van der Waals surface area contributed by atoms with Crippen molar-refractivity contribution in [2.24, 2.45) is 5.92 Å². The number of nitrogens with zero attached hydrogens (tertiary/aromatic N) is 1. The van der Waals surface area contributed by atoms with Gasteiger partial charge in [-0.1, -0.05) is 148 Å². The van der Waals surface area contributed by atoms with E-state index >= 15 is 0 Å². The average Bonchev–Trinajstić information content (AvgIpc) is 3.16. The number of carbonyl (C=O) groups excluding carboxylic acids is 2. The first-order valence-corrected chi connectivity index (χ1v) is 20.4. The Morgan fingerprint density at radius 3 is 1.21 bits per heavy atom. The molecule has 0 aromatic rings. The summed E-state index contributed by atoms with van der Waals surface area (Å²) in [4.78, 5) is 27.0. The van der Waals surface area contributed by atoms with Crippen LogP contribution in [0.15, 0.2) is 134 Å². The van der Waals surface area contributed by atoms with Crippen LogP contribution in [0.2, 0.25) is 0 Å². The summed E-state index contributed by atoms with van der Waals surface area (Å²) in [7, 11) is 0. The van der Waals surface area contributed by atoms with E-state index in [1.54, 1.807) is 0 Å². The molecule has 0 saturated carbocycles. The van der Waals surface area contributed by atoms with Crippen molar-refractivity contribution in [1.82, 2.24) is 10.2 Å². The summed E-state index contributed by atoms with van der Waals surface area (Å²) in [6, 6.07) is 0. The van der Waals surface area contributed by atoms with Gasteiger partial charge in [0.2, 0.25) is 11.8 Å². The maximum absolute atomic E-state index is 12.7. The molecular weight excluding hydrogens is 637 g/mol. The maximum Gasteiger partial charge on any atom is 0.222 e. The fourth-order valence-electron chi connectivity index (χ4n) is 5.49. The molecule has 1 fully saturated rings. The number of hydrogen-bond donors (Lipinski definition) is 1. The van der Waals surface area contributed by atoms with Crippen LogP contribution in [-0.4, -0.2) is 36.3 Å². The van der Waals surface area contributed by atoms with Crippen molar-refractivity contribution >= 4 is 11.8 Å². The molecular formula is C48H72N2O2. The molecule has 1 N–H and O–H groups in total. The van der Waals surface area contributed by atoms with Crippen molar-refractivity contribution in [3.05, 3.63) is 134 Å². The Balaban J connectivity index is 2.00. The number of rotatable bonds is 29. The Morgan fingerprint density at radius 1 is 0.481 bits per heavy atom. The fourth-order valence-corrected chi connectivity index (χ4v) is 5.49. The Bertz CT molecular complexity index is 1210. The molecule has 1 saturated heterocycles. The molecule has 0 atom stereocenters. The van der Waals surface area contributed by atoms with Crippen molar-refractivity contribution in [2.75, 3.05) is 19.6 Å². The summed E-state index contributed by atoms with van der Waals surface area (Å²) < 4.78 is 0. The predicted molar refractivity (Wildman–Crippen MR) is 228 cm³/mol. The molecule has 4 nitrogen and oxygen atoms in total. The lowest BCUT2D eigenvalue weighted by Gasteiger charge is -2.32. The number of piperidine rings is 1. The first-order chi connectivity index (χ1) is 25.7. The molecule has 0 spiro atoms. The highest BCUT2D eigenvalue weighted by atomic mass is 16.2. The van der Waals surface area contributed by atoms with Gasteiger partial charge in [-0.2, -0.15) is 0 Å². The predicted octanol–water partition coefficient (Wildman–Crippen LogP) is 12.7. The van der Waals surface area contributed by atoms with Crippen molar-refractivity contribution < 1.29 is 9.59 Å². The van der Waals surface area contributed by atoms with Gasteiger partial charge in [0.15, 0.2) is 0 Å². The number of nitrogens with one attached hydrogen (secondary N) is 1. The Morgan fingerprint density at radius 2 is 0.827 bits per heavy atom. The van der Waals surface area contributed by atoms with Crippen LogP contribution in [0.5, 0.6) is 0 Å². The summed E-state index contributed by atoms with van der Waals surface area (Å²) in [6.45, 7) is 6.63. The van der Waals surface area contributed by atoms with E-state index < -0.39 is 0 Å². The molecule has 1 rings (SSSR count). The maximum atomic E-state index is 12.7. The number of allylic oxidation sites excluding steroid dienone is 22. The number of hydrogen-bond acceptors (Lipinski definition) is 2. The van der Waals surface area contributed by atoms with Gasteiger partial charge in [-0.15, -0.1) is 0 Å². The third-order valence-corrected chi connectivity index (χ3v) is 8.61. The summed E-state index contributed by atoms with van der Waals surface area (Å²) in [5, 5.41) is 3.12. The Hall–Kier alpha value is -3.92. The van der Waals surface area contributed by atoms with Crippen molar-refractivity contribution in [1.29, 1.82) is 0 Å². The number of unbranched alkanes of at least 4 members (excludes halogenated alkanes) is 1. The zero-order valence-corrected chi connectivity index (χ0v) is 32.9. The molecule has 52 heavy (non-hydrogen) atoms. The van der Waals surface area contributed by atoms with E-state index in [1.807, 2.05) is 4.90 Å². The quantitative estimate of drug-likeness (QED) is 0.0621. The molecule has 4 heteroatoms. The smallest absolute Gasteiger partial charge is 0.222 e. The Labute approximate surface area is 319 Å². The van der Waals surface area contributed by atoms with E-state index in [1.165, 1.54) is 0 Å². The van der Waals surface area contributed by atoms with Crippen molar-refractivity contribution in [2.45, 2.75) is 129 Å². The first-order valence-electron chi connectivity index (χ1n) is 20.4. The molecule has 1 aliphatic heterocycles. The molecule has 286 valence electrons. The van der Waals surface area contributed by atoms with Crippen LogP contribution >= 0.6 is 0 Å². The monoisotopic (exact) mass is 709 g/mol. The third kappa shape index (κ3) is 30.9. The number of likely N-dealkylation sites (tertiary alicyclic amines) is 1. The molecule has 0 bridgehead atoms. The molecule has 0 aromatic heterocycles. The highest BCUT2D eigenvalue weighted by Crippen LogP contribution is 2.18. The van der Waals surface area contributed by atoms with Crippen LogP contribution in [0, 0.1) is 5.92 Å². The van der Waals surface area contributed by atoms with Gasteiger partial charge in [-0.05, 0) is 109 Å². The zero-order valence-electron chi connectivity index (χ0n) is 32.9. The normalized spacial score (nSPS) is 15.3. The number of carbonyl (C=O) groups is 2. The van der Waals surface area contributed by atoms with E-state index in [9.17, 15) is 9.59 Å². The van der Waals surface area contributed by atoms with Gasteiger partial charge in [0.1, 0.15) is 0 Å². The minimum Gasteiger partial charge on any atom is -0.356 e. The van der Waals surface area contributed by atoms with Crippen molar-refractivity contribution in [3.63, 3.8) is 0 Å². The van der Waals surface area contributed by atoms with Gasteiger partial charge < -0.3 is 10.2 Å². The largest absolute Gasteiger partial charge is 0.356 e. The fraction of sp³-hybridized carbons (Fsp3) is 0.500. The van der Waals surface area contributed by atoms with Crippen LogP contribution in [0.25, 0.3) is 0 Å². The molecule has 0 aromatic carbocycles. The minimum atomic E-state index is 0.141. The van der Waals surface area contributed by atoms with E-state index in [-0.39, 0.29) is 11.8 Å². The molecule has 0 unspecified atom stereocenters. The minimum absolute atomic E-state index is 0.141. The van der Waals surface area contributed by atoms with Crippen LogP contribution in [0.1, 0.15) is 129 Å². The van der Waals surface area contributed by atoms with Crippen LogP contribution < -0.4 is 5.32 Å². The van der Waals surface area contributed by atoms with Gasteiger partial charge in [-0.3, -0.25) is 9.59 Å². The van der Waals surface area contributed by atoms with Crippen LogP contribution in [0.3, 0.4) is 0 Å². The van der Waals surface area contributed by atoms with E-state index in [4.69, 9.17) is 0 Å². The Kier molecular flexibility index (Phi) is 32.7. The lowest BCUT2D eigenvalue weighted by molar-refractivity contribution is -0.132. The standard InChI is InChI=1S/C48H72N2O2/c1-3-5-7-9-11-13-15-17-19-21-22-24-26-28-30-32-34-36-38-40-48(52)50-43-41-46(42-44-50)45-49-47(51)39-37-35-33-31-29-27-25-23-20-18-16-14-12-10-8-6-4-2/h5-8,11-14,17-20,22,24-25,27-28,30-31,33-34,36,46H,3-4,9-10,15-16,21,23,26,29,32,35,37-45H2,1-2H3,(H,49,51)/b7-5-,8-6-,13-11-,14-12-,19-17-,20-18-,24-22-,27-25-,30-28-,33-31-,36-34-. The second-order valence-electron chi connectivity index (χ2n) is 13.2. The van der Waals surface area contributed by atoms with Gasteiger partial charge in [-0.25, -0.2) is 0 Å². The molecule has 1 aliphatic rings. The lowest BCUT2D eigenvalue weighted by Crippen LogP contribution is -2.41. The van der Waals surface area contributed by atoms with Gasteiger partial charge in [0.05, 0.1) is 0 Å². The van der Waals surface area contributed by atoms with Gasteiger partial charge in [0.25, 0.3) is 0 Å². The van der Waals surface area contributed by atoms with E-state index in [2.05, 4.69) is 153 Å². The average molecular weight is 709 g/mol. The molecule has 0 aliphatic carbocycles. The SMILES string of the molecule is CC/C=C\C/C=C\C/C=C\C/C=C\C/C=C\C/C=C\CCC(=O)N1CCC(CNC(=O)CCC/C=C\C/C=C\C/C=C\C/C=C\C/C=C\CC)CC1. The molecule has 0 radical (unpaired) electrons. The van der Waals surface area contributed by atoms with Crippen LogP contribution in [0.4, 0.5) is 0 Å². The summed E-state index contributed by atoms with van der Waals surface area (Å²) in [5.74, 6) is 0.849. The first kappa shape index (κ1) is 46.1. The second-order valence-corrected chi connectivity index (χ2v) is 13.2.